The normalized spacial score (nSPS) is 26.4. The second-order valence-corrected chi connectivity index (χ2v) is 8.14. The van der Waals surface area contributed by atoms with Crippen molar-refractivity contribution in [3.63, 3.8) is 0 Å². The number of nitrogens with one attached hydrogen (secondary N) is 1. The molecule has 2 aliphatic rings. The molecule has 0 radical (unpaired) electrons. The molecule has 2 heterocycles. The van der Waals surface area contributed by atoms with Crippen molar-refractivity contribution in [2.45, 2.75) is 58.0 Å². The summed E-state index contributed by atoms with van der Waals surface area (Å²) in [5.41, 5.74) is 0.829. The number of hydrogen-bond donors (Lipinski definition) is 1. The smallest absolute Gasteiger partial charge is 0.313 e. The van der Waals surface area contributed by atoms with Crippen LogP contribution in [0, 0.1) is 11.3 Å². The van der Waals surface area contributed by atoms with Crippen LogP contribution in [-0.4, -0.2) is 48.6 Å². The largest absolute Gasteiger partial charge is 0.469 e. The third kappa shape index (κ3) is 4.63. The zero-order valence-corrected chi connectivity index (χ0v) is 16.2. The molecule has 26 heavy (non-hydrogen) atoms. The van der Waals surface area contributed by atoms with Gasteiger partial charge in [0.15, 0.2) is 0 Å². The van der Waals surface area contributed by atoms with Crippen LogP contribution in [-0.2, 0) is 16.1 Å². The van der Waals surface area contributed by atoms with E-state index in [4.69, 9.17) is 4.74 Å². The van der Waals surface area contributed by atoms with Gasteiger partial charge in [-0.3, -0.25) is 14.7 Å². The van der Waals surface area contributed by atoms with Gasteiger partial charge in [0, 0.05) is 38.4 Å². The van der Waals surface area contributed by atoms with Gasteiger partial charge in [-0.15, -0.1) is 0 Å². The van der Waals surface area contributed by atoms with Gasteiger partial charge in [0.1, 0.15) is 0 Å². The molecule has 1 aliphatic carbocycles. The van der Waals surface area contributed by atoms with Gasteiger partial charge in [0.25, 0.3) is 0 Å². The van der Waals surface area contributed by atoms with E-state index in [2.05, 4.69) is 34.3 Å². The Balaban J connectivity index is 1.52. The van der Waals surface area contributed by atoms with E-state index in [0.29, 0.717) is 12.0 Å². The highest BCUT2D eigenvalue weighted by Crippen LogP contribution is 2.37. The summed E-state index contributed by atoms with van der Waals surface area (Å²) >= 11 is 0. The maximum atomic E-state index is 12.4. The van der Waals surface area contributed by atoms with Crippen molar-refractivity contribution in [3.05, 3.63) is 30.1 Å². The molecule has 0 unspecified atom stereocenters. The Morgan fingerprint density at radius 2 is 2.15 bits per heavy atom. The molecule has 1 aromatic rings. The predicted molar refractivity (Wildman–Crippen MR) is 103 cm³/mol. The SMILES string of the molecule is COC(=O)C1(CN[C@H]2CCN(Cc3ccccn3)C[C@H]2C)CCCCC1. The first kappa shape index (κ1) is 19.3. The second-order valence-electron chi connectivity index (χ2n) is 8.14. The molecule has 1 N–H and O–H groups in total. The van der Waals surface area contributed by atoms with Crippen molar-refractivity contribution in [1.82, 2.24) is 15.2 Å². The number of likely N-dealkylation sites (tertiary alicyclic amines) is 1. The molecule has 144 valence electrons. The molecule has 3 rings (SSSR count). The minimum atomic E-state index is -0.308. The van der Waals surface area contributed by atoms with Crippen LogP contribution in [0.25, 0.3) is 0 Å². The van der Waals surface area contributed by atoms with Crippen LogP contribution >= 0.6 is 0 Å². The Hall–Kier alpha value is -1.46. The molecule has 5 nitrogen and oxygen atoms in total. The Morgan fingerprint density at radius 1 is 1.35 bits per heavy atom. The van der Waals surface area contributed by atoms with E-state index in [-0.39, 0.29) is 11.4 Å². The monoisotopic (exact) mass is 359 g/mol. The number of piperidine rings is 1. The van der Waals surface area contributed by atoms with Gasteiger partial charge in [0.2, 0.25) is 0 Å². The Kier molecular flexibility index (Phi) is 6.65. The molecule has 1 saturated heterocycles. The number of rotatable bonds is 6. The summed E-state index contributed by atoms with van der Waals surface area (Å²) in [6.45, 7) is 6.14. The molecule has 1 saturated carbocycles. The Morgan fingerprint density at radius 3 is 2.81 bits per heavy atom. The summed E-state index contributed by atoms with van der Waals surface area (Å²) in [5.74, 6) is 0.538. The van der Waals surface area contributed by atoms with Crippen LogP contribution in [0.3, 0.4) is 0 Å². The summed E-state index contributed by atoms with van der Waals surface area (Å²) in [6, 6.07) is 6.58. The van der Waals surface area contributed by atoms with Crippen molar-refractivity contribution >= 4 is 5.97 Å². The average molecular weight is 360 g/mol. The number of methoxy groups -OCH3 is 1. The molecule has 0 spiro atoms. The van der Waals surface area contributed by atoms with Crippen LogP contribution in [0.4, 0.5) is 0 Å². The number of hydrogen-bond acceptors (Lipinski definition) is 5. The van der Waals surface area contributed by atoms with Gasteiger partial charge in [0.05, 0.1) is 18.2 Å². The lowest BCUT2D eigenvalue weighted by molar-refractivity contribution is -0.154. The van der Waals surface area contributed by atoms with Gasteiger partial charge in [-0.2, -0.15) is 0 Å². The van der Waals surface area contributed by atoms with Crippen LogP contribution in [0.15, 0.2) is 24.4 Å². The fourth-order valence-corrected chi connectivity index (χ4v) is 4.62. The molecule has 0 amide bonds. The van der Waals surface area contributed by atoms with Gasteiger partial charge >= 0.3 is 5.97 Å². The van der Waals surface area contributed by atoms with Crippen molar-refractivity contribution in [2.75, 3.05) is 26.7 Å². The lowest BCUT2D eigenvalue weighted by atomic mass is 9.73. The minimum Gasteiger partial charge on any atom is -0.469 e. The fraction of sp³-hybridized carbons (Fsp3) is 0.714. The van der Waals surface area contributed by atoms with Crippen LogP contribution in [0.1, 0.15) is 51.1 Å². The highest BCUT2D eigenvalue weighted by molar-refractivity contribution is 5.77. The third-order valence-electron chi connectivity index (χ3n) is 6.23. The molecule has 1 aliphatic heterocycles. The fourth-order valence-electron chi connectivity index (χ4n) is 4.62. The quantitative estimate of drug-likeness (QED) is 0.792. The highest BCUT2D eigenvalue weighted by Gasteiger charge is 2.41. The van der Waals surface area contributed by atoms with Crippen LogP contribution in [0.5, 0.6) is 0 Å². The van der Waals surface area contributed by atoms with Crippen molar-refractivity contribution in [1.29, 1.82) is 0 Å². The molecule has 5 heteroatoms. The summed E-state index contributed by atoms with van der Waals surface area (Å²) in [5, 5.41) is 3.74. The third-order valence-corrected chi connectivity index (χ3v) is 6.23. The number of nitrogens with zero attached hydrogens (tertiary/aromatic N) is 2. The summed E-state index contributed by atoms with van der Waals surface area (Å²) in [7, 11) is 1.53. The van der Waals surface area contributed by atoms with E-state index in [1.54, 1.807) is 0 Å². The zero-order valence-electron chi connectivity index (χ0n) is 16.2. The standard InChI is InChI=1S/C21H33N3O2/c1-17-14-24(15-18-8-4-7-12-22-18)13-9-19(17)23-16-21(20(25)26-2)10-5-3-6-11-21/h4,7-8,12,17,19,23H,3,5-6,9-11,13-16H2,1-2H3/t17-,19+/m1/s1. The van der Waals surface area contributed by atoms with Gasteiger partial charge in [-0.05, 0) is 37.3 Å². The molecule has 0 bridgehead atoms. The van der Waals surface area contributed by atoms with Gasteiger partial charge in [-0.25, -0.2) is 0 Å². The summed E-state index contributed by atoms with van der Waals surface area (Å²) in [6.07, 6.45) is 8.40. The number of aromatic nitrogens is 1. The predicted octanol–water partition coefficient (Wildman–Crippen LogP) is 3.01. The maximum Gasteiger partial charge on any atom is 0.313 e. The van der Waals surface area contributed by atoms with E-state index < -0.39 is 0 Å². The van der Waals surface area contributed by atoms with Crippen LogP contribution in [0.2, 0.25) is 0 Å². The average Bonchev–Trinajstić information content (AvgIpc) is 2.68. The van der Waals surface area contributed by atoms with E-state index in [1.807, 2.05) is 12.3 Å². The maximum absolute atomic E-state index is 12.4. The highest BCUT2D eigenvalue weighted by atomic mass is 16.5. The minimum absolute atomic E-state index is 0.0232. The first-order valence-electron chi connectivity index (χ1n) is 10.1. The Labute approximate surface area is 157 Å². The number of pyridine rings is 1. The first-order chi connectivity index (χ1) is 12.6. The van der Waals surface area contributed by atoms with Crippen molar-refractivity contribution in [3.8, 4) is 0 Å². The summed E-state index contributed by atoms with van der Waals surface area (Å²) in [4.78, 5) is 19.4. The van der Waals surface area contributed by atoms with Crippen LogP contribution < -0.4 is 5.32 Å². The molecule has 2 atom stereocenters. The molecule has 1 aromatic heterocycles. The molecule has 0 aromatic carbocycles. The van der Waals surface area contributed by atoms with Crippen molar-refractivity contribution < 1.29 is 9.53 Å². The first-order valence-corrected chi connectivity index (χ1v) is 10.1. The summed E-state index contributed by atoms with van der Waals surface area (Å²) < 4.78 is 5.15. The number of ether oxygens (including phenoxy) is 1. The lowest BCUT2D eigenvalue weighted by Gasteiger charge is -2.40. The van der Waals surface area contributed by atoms with E-state index in [0.717, 1.165) is 64.0 Å². The van der Waals surface area contributed by atoms with Gasteiger partial charge in [-0.1, -0.05) is 32.3 Å². The zero-order chi connectivity index (χ0) is 18.4. The topological polar surface area (TPSA) is 54.5 Å². The van der Waals surface area contributed by atoms with E-state index >= 15 is 0 Å². The second kappa shape index (κ2) is 8.96. The number of esters is 1. The van der Waals surface area contributed by atoms with Gasteiger partial charge < -0.3 is 10.1 Å². The van der Waals surface area contributed by atoms with E-state index in [9.17, 15) is 4.79 Å². The number of carbonyl (C=O) groups is 1. The number of carbonyl (C=O) groups excluding carboxylic acids is 1. The molecular formula is C21H33N3O2. The Bertz CT molecular complexity index is 572. The van der Waals surface area contributed by atoms with Crippen molar-refractivity contribution in [2.24, 2.45) is 11.3 Å². The van der Waals surface area contributed by atoms with E-state index in [1.165, 1.54) is 13.5 Å². The molecular weight excluding hydrogens is 326 g/mol. The molecule has 2 fully saturated rings. The lowest BCUT2D eigenvalue weighted by Crippen LogP contribution is -2.52.